The number of aliphatic carboxylic acids is 1. The van der Waals surface area contributed by atoms with Gasteiger partial charge in [0.2, 0.25) is 12.6 Å². The number of carboxylic acid groups (broad SMARTS) is 1. The lowest BCUT2D eigenvalue weighted by Gasteiger charge is -2.38. The van der Waals surface area contributed by atoms with E-state index in [-0.39, 0.29) is 95.2 Å². The molecule has 9 atom stereocenters. The highest BCUT2D eigenvalue weighted by atomic mass is 16.7. The molecule has 2 fully saturated rings. The Morgan fingerprint density at radius 2 is 0.733 bits per heavy atom. The minimum atomic E-state index is -1.94. The van der Waals surface area contributed by atoms with Gasteiger partial charge in [-0.25, -0.2) is 10.7 Å². The zero-order chi connectivity index (χ0) is 75.9. The number of aliphatic hydroxyl groups excluding tert-OH is 6. The fraction of sp³-hybridized carbons (Fsp3) is 0.746. The monoisotopic (exact) mass is 1510 g/mol. The number of hydrogen-bond donors (Lipinski definition) is 10. The summed E-state index contributed by atoms with van der Waals surface area (Å²) >= 11 is 0. The second-order valence-corrected chi connectivity index (χ2v) is 22.9. The van der Waals surface area contributed by atoms with E-state index >= 15 is 0 Å². The lowest BCUT2D eigenvalue weighted by atomic mass is 9.99. The fourth-order valence-corrected chi connectivity index (χ4v) is 9.18. The minimum Gasteiger partial charge on any atom is -0.479 e. The summed E-state index contributed by atoms with van der Waals surface area (Å²) in [6.45, 7) is 15.0. The highest BCUT2D eigenvalue weighted by Gasteiger charge is 2.48. The third-order valence-corrected chi connectivity index (χ3v) is 14.7. The zero-order valence-corrected chi connectivity index (χ0v) is 59.9. The molecule has 2 saturated heterocycles. The molecule has 0 bridgehead atoms. The van der Waals surface area contributed by atoms with Gasteiger partial charge in [-0.1, -0.05) is 12.1 Å². The van der Waals surface area contributed by atoms with E-state index in [1.165, 1.54) is 44.2 Å². The quantitative estimate of drug-likeness (QED) is 0.0175. The zero-order valence-electron chi connectivity index (χ0n) is 59.9. The topological polar surface area (TPSA) is 483 Å². The second kappa shape index (κ2) is 58.4. The number of nitrogens with one attached hydrogen (secondary N) is 2. The lowest BCUT2D eigenvalue weighted by molar-refractivity contribution is -0.271. The van der Waals surface area contributed by atoms with Crippen molar-refractivity contribution >= 4 is 29.7 Å². The average Bonchev–Trinajstić information content (AvgIpc) is 0.801. The Hall–Kier alpha value is -5.65. The molecule has 38 nitrogen and oxygen atoms in total. The van der Waals surface area contributed by atoms with Crippen LogP contribution in [0.1, 0.15) is 45.7 Å². The van der Waals surface area contributed by atoms with Crippen LogP contribution in [-0.4, -0.2) is 370 Å². The number of hydrogen-bond acceptors (Lipinski definition) is 35. The first-order chi connectivity index (χ1) is 51.0. The third-order valence-electron chi connectivity index (χ3n) is 14.7. The predicted octanol–water partition coefficient (Wildman–Crippen LogP) is -3.50. The molecule has 602 valence electrons. The van der Waals surface area contributed by atoms with Crippen molar-refractivity contribution in [3.05, 3.63) is 58.7 Å². The van der Waals surface area contributed by atoms with Crippen LogP contribution in [0.4, 0.5) is 0 Å². The van der Waals surface area contributed by atoms with Gasteiger partial charge in [0.25, 0.3) is 11.8 Å². The van der Waals surface area contributed by atoms with Crippen LogP contribution in [0.25, 0.3) is 0 Å². The predicted molar refractivity (Wildman–Crippen MR) is 361 cm³/mol. The maximum atomic E-state index is 13.3. The molecule has 2 aliphatic rings. The van der Waals surface area contributed by atoms with Crippen molar-refractivity contribution < 1.29 is 164 Å². The number of carbonyl (C=O) groups excluding carboxylic acids is 4. The molecule has 0 aliphatic carbocycles. The van der Waals surface area contributed by atoms with Crippen LogP contribution in [0, 0.1) is 0 Å². The van der Waals surface area contributed by atoms with Crippen LogP contribution in [0.15, 0.2) is 36.4 Å². The van der Waals surface area contributed by atoms with Crippen LogP contribution in [0.3, 0.4) is 0 Å². The lowest BCUT2D eigenvalue weighted by Crippen LogP contribution is -2.61. The summed E-state index contributed by atoms with van der Waals surface area (Å²) in [7, 11) is 0. The summed E-state index contributed by atoms with van der Waals surface area (Å²) in [5, 5.41) is 75.8. The number of rotatable bonds is 65. The Balaban J connectivity index is 1.01. The summed E-state index contributed by atoms with van der Waals surface area (Å²) in [4.78, 5) is 67.5. The van der Waals surface area contributed by atoms with Gasteiger partial charge in [-0.05, 0) is 35.4 Å². The van der Waals surface area contributed by atoms with Gasteiger partial charge in [-0.15, -0.1) is 0 Å². The molecule has 11 N–H and O–H groups in total. The van der Waals surface area contributed by atoms with Crippen molar-refractivity contribution in [3.8, 4) is 11.5 Å². The molecule has 2 aliphatic heterocycles. The van der Waals surface area contributed by atoms with Gasteiger partial charge in [0.05, 0.1) is 223 Å². The average molecular weight is 1520 g/mol. The molecule has 105 heavy (non-hydrogen) atoms. The fourth-order valence-electron chi connectivity index (χ4n) is 9.18. The van der Waals surface area contributed by atoms with E-state index < -0.39 is 85.0 Å². The van der Waals surface area contributed by atoms with E-state index in [9.17, 15) is 59.7 Å². The maximum absolute atomic E-state index is 13.3. The van der Waals surface area contributed by atoms with Gasteiger partial charge >= 0.3 is 17.9 Å². The number of amides is 2. The van der Waals surface area contributed by atoms with E-state index in [0.29, 0.717) is 196 Å². The van der Waals surface area contributed by atoms with Crippen molar-refractivity contribution in [1.82, 2.24) is 15.5 Å². The van der Waals surface area contributed by atoms with Crippen molar-refractivity contribution in [2.75, 3.05) is 244 Å². The Morgan fingerprint density at radius 1 is 0.419 bits per heavy atom. The molecule has 2 aromatic rings. The molecular weight excluding hydrogens is 1400 g/mol. The SMILES string of the molecule is CC(=O)OCc1ccc(O[C@@H]2O[C@H](C(=O)O)[C@@H](O)[C@H](O)[C@H]2O)c(C(=O)NCCOCCOCCOCCOCCOCCN(CCOCCOCCOCCOCCOCCNC(=O)c2cc(COC(C)=O)ccc2O[C@@H]2OC[C@@H](O)[C@H](O)[C@H]2O)CCOCCOCCOCCOCCOCCON)c1. The number of carbonyl (C=O) groups is 5. The first-order valence-electron chi connectivity index (χ1n) is 34.7. The molecule has 0 radical (unpaired) electrons. The highest BCUT2D eigenvalue weighted by molar-refractivity contribution is 5.97. The number of carboxylic acids is 1. The number of nitrogens with zero attached hydrogens (tertiary/aromatic N) is 1. The summed E-state index contributed by atoms with van der Waals surface area (Å²) in [6, 6.07) is 8.65. The van der Waals surface area contributed by atoms with Crippen molar-refractivity contribution in [3.63, 3.8) is 0 Å². The summed E-state index contributed by atoms with van der Waals surface area (Å²) in [5.41, 5.74) is 0.872. The van der Waals surface area contributed by atoms with Gasteiger partial charge in [0.1, 0.15) is 61.3 Å². The summed E-state index contributed by atoms with van der Waals surface area (Å²) in [6.07, 6.45) is -15.2. The van der Waals surface area contributed by atoms with E-state index in [4.69, 9.17) is 105 Å². The molecule has 38 heteroatoms. The summed E-state index contributed by atoms with van der Waals surface area (Å²) < 4.78 is 116. The van der Waals surface area contributed by atoms with Gasteiger partial charge in [-0.3, -0.25) is 24.1 Å². The van der Waals surface area contributed by atoms with Crippen molar-refractivity contribution in [1.29, 1.82) is 0 Å². The van der Waals surface area contributed by atoms with E-state index in [1.54, 1.807) is 6.07 Å². The molecule has 2 heterocycles. The molecule has 2 aromatic carbocycles. The van der Waals surface area contributed by atoms with Crippen LogP contribution in [0.2, 0.25) is 0 Å². The van der Waals surface area contributed by atoms with Crippen molar-refractivity contribution in [2.24, 2.45) is 5.90 Å². The first kappa shape index (κ1) is 91.7. The van der Waals surface area contributed by atoms with E-state index in [1.807, 2.05) is 0 Å². The number of ether oxygens (including phenoxy) is 21. The Labute approximate surface area is 610 Å². The molecule has 0 saturated carbocycles. The largest absolute Gasteiger partial charge is 0.479 e. The second-order valence-electron chi connectivity index (χ2n) is 22.9. The Morgan fingerprint density at radius 3 is 1.07 bits per heavy atom. The summed E-state index contributed by atoms with van der Waals surface area (Å²) in [5.74, 6) is 0.956. The highest BCUT2D eigenvalue weighted by Crippen LogP contribution is 2.29. The number of aliphatic hydroxyl groups is 6. The molecule has 4 rings (SSSR count). The van der Waals surface area contributed by atoms with Crippen LogP contribution in [-0.2, 0) is 122 Å². The third kappa shape index (κ3) is 41.5. The number of benzene rings is 2. The van der Waals surface area contributed by atoms with Gasteiger partial charge in [0.15, 0.2) is 6.10 Å². The minimum absolute atomic E-state index is 0.0293. The van der Waals surface area contributed by atoms with Gasteiger partial charge in [0, 0.05) is 46.6 Å². The molecule has 0 aromatic heterocycles. The maximum Gasteiger partial charge on any atom is 0.335 e. The number of nitrogens with two attached hydrogens (primary N) is 1. The molecule has 2 amide bonds. The van der Waals surface area contributed by atoms with Crippen LogP contribution < -0.4 is 26.0 Å². The standard InChI is InChI=1S/C67H110N4O34/c1-48(72)99-45-50-3-5-55(103-66-60(78)57(75)54(74)47-101-66)52(43-50)63(80)69-7-12-84-17-22-89-27-32-94-34-29-91-24-19-86-14-9-71(11-16-88-21-26-93-31-36-96-37-38-97-39-40-98-41-42-102-68)10-15-87-20-25-92-30-35-95-33-28-90-23-18-85-13-8-70-64(81)53-44-51(46-100-49(2)73)4-6-56(53)104-67-61(79)58(76)59(77)62(105-67)65(82)83/h3-6,43-44,54,57-62,66-67,74-79H,7-42,45-47,68H2,1-2H3,(H,69,80)(H,70,81)(H,82,83)/t54-,57+,58+,59+,60-,61-,62+,66+,67-/m1/s1. The smallest absolute Gasteiger partial charge is 0.335 e. The first-order valence-corrected chi connectivity index (χ1v) is 34.7. The normalized spacial score (nSPS) is 19.5. The molecular formula is C67H110N4O34. The van der Waals surface area contributed by atoms with Crippen LogP contribution in [0.5, 0.6) is 11.5 Å². The molecule has 0 spiro atoms. The van der Waals surface area contributed by atoms with E-state index in [0.717, 1.165) is 0 Å². The van der Waals surface area contributed by atoms with Gasteiger partial charge < -0.3 is 151 Å². The van der Waals surface area contributed by atoms with Gasteiger partial charge in [-0.2, -0.15) is 0 Å². The molecule has 0 unspecified atom stereocenters. The van der Waals surface area contributed by atoms with Crippen LogP contribution >= 0.6 is 0 Å². The van der Waals surface area contributed by atoms with E-state index in [2.05, 4.69) is 20.4 Å². The van der Waals surface area contributed by atoms with Crippen molar-refractivity contribution in [2.45, 2.75) is 82.4 Å². The number of esters is 2. The Kier molecular flexibility index (Phi) is 51.0. The Bertz CT molecular complexity index is 2630.